The fraction of sp³-hybridized carbons (Fsp3) is 0.333. The van der Waals surface area contributed by atoms with Crippen molar-refractivity contribution in [2.45, 2.75) is 27.2 Å². The number of nitrogens with zero attached hydrogens (tertiary/aromatic N) is 2. The van der Waals surface area contributed by atoms with Crippen molar-refractivity contribution in [3.8, 4) is 0 Å². The van der Waals surface area contributed by atoms with Crippen molar-refractivity contribution in [1.82, 2.24) is 9.78 Å². The highest BCUT2D eigenvalue weighted by atomic mass is 16.1. The summed E-state index contributed by atoms with van der Waals surface area (Å²) in [7, 11) is 1.82. The van der Waals surface area contributed by atoms with Gasteiger partial charge in [-0.3, -0.25) is 9.48 Å². The van der Waals surface area contributed by atoms with Gasteiger partial charge in [-0.2, -0.15) is 5.10 Å². The molecular weight excluding hydrogens is 224 g/mol. The average molecular weight is 242 g/mol. The summed E-state index contributed by atoms with van der Waals surface area (Å²) in [6, 6.07) is 6.00. The van der Waals surface area contributed by atoms with E-state index in [4.69, 9.17) is 0 Å². The molecule has 2 aromatic rings. The molecule has 0 saturated carbocycles. The molecule has 18 heavy (non-hydrogen) atoms. The number of Topliss-reactive ketones (excluding diaryl/α,β-unsaturated/α-hetero) is 1. The molecule has 0 bridgehead atoms. The Morgan fingerprint density at radius 1 is 1.22 bits per heavy atom. The van der Waals surface area contributed by atoms with E-state index in [2.05, 4.69) is 38.0 Å². The standard InChI is InChI=1S/C15H18N2O/c1-10-7-11(2)13(12(3)8-10)9-15(18)14-5-6-17(4)16-14/h5-8H,9H2,1-4H3. The molecule has 0 unspecified atom stereocenters. The Morgan fingerprint density at radius 3 is 2.33 bits per heavy atom. The van der Waals surface area contributed by atoms with E-state index in [1.54, 1.807) is 16.9 Å². The minimum absolute atomic E-state index is 0.0747. The molecule has 1 aromatic carbocycles. The van der Waals surface area contributed by atoms with Crippen LogP contribution >= 0.6 is 0 Å². The Kier molecular flexibility index (Phi) is 3.32. The Morgan fingerprint density at radius 2 is 1.83 bits per heavy atom. The second-order valence-corrected chi connectivity index (χ2v) is 4.85. The molecule has 0 aliphatic carbocycles. The van der Waals surface area contributed by atoms with Crippen LogP contribution in [-0.2, 0) is 13.5 Å². The summed E-state index contributed by atoms with van der Waals surface area (Å²) < 4.78 is 1.65. The summed E-state index contributed by atoms with van der Waals surface area (Å²) in [5.41, 5.74) is 5.25. The predicted molar refractivity (Wildman–Crippen MR) is 71.9 cm³/mol. The van der Waals surface area contributed by atoms with Gasteiger partial charge in [0.1, 0.15) is 5.69 Å². The largest absolute Gasteiger partial charge is 0.292 e. The highest BCUT2D eigenvalue weighted by molar-refractivity contribution is 5.96. The second kappa shape index (κ2) is 4.77. The van der Waals surface area contributed by atoms with Crippen LogP contribution in [0.3, 0.4) is 0 Å². The zero-order chi connectivity index (χ0) is 13.3. The number of carbonyl (C=O) groups is 1. The molecule has 0 saturated heterocycles. The summed E-state index contributed by atoms with van der Waals surface area (Å²) in [5.74, 6) is 0.0747. The first kappa shape index (κ1) is 12.6. The predicted octanol–water partition coefficient (Wildman–Crippen LogP) is 2.77. The summed E-state index contributed by atoms with van der Waals surface area (Å²) >= 11 is 0. The highest BCUT2D eigenvalue weighted by Crippen LogP contribution is 2.18. The summed E-state index contributed by atoms with van der Waals surface area (Å²) in [6.45, 7) is 6.19. The molecule has 0 aliphatic rings. The van der Waals surface area contributed by atoms with E-state index in [1.165, 1.54) is 16.7 Å². The first-order valence-electron chi connectivity index (χ1n) is 6.07. The van der Waals surface area contributed by atoms with E-state index in [9.17, 15) is 4.79 Å². The fourth-order valence-electron chi connectivity index (χ4n) is 2.30. The van der Waals surface area contributed by atoms with E-state index in [0.29, 0.717) is 12.1 Å². The lowest BCUT2D eigenvalue weighted by atomic mass is 9.95. The first-order valence-corrected chi connectivity index (χ1v) is 6.07. The number of hydrogen-bond donors (Lipinski definition) is 0. The van der Waals surface area contributed by atoms with E-state index < -0.39 is 0 Å². The molecule has 0 N–H and O–H groups in total. The number of ketones is 1. The van der Waals surface area contributed by atoms with E-state index in [0.717, 1.165) is 5.56 Å². The second-order valence-electron chi connectivity index (χ2n) is 4.85. The Balaban J connectivity index is 2.27. The van der Waals surface area contributed by atoms with Gasteiger partial charge in [0.25, 0.3) is 0 Å². The number of aryl methyl sites for hydroxylation is 4. The lowest BCUT2D eigenvalue weighted by Gasteiger charge is -2.09. The average Bonchev–Trinajstić information content (AvgIpc) is 2.70. The third-order valence-corrected chi connectivity index (χ3v) is 3.18. The molecular formula is C15H18N2O. The monoisotopic (exact) mass is 242 g/mol. The smallest absolute Gasteiger partial charge is 0.187 e. The van der Waals surface area contributed by atoms with Crippen molar-refractivity contribution in [3.63, 3.8) is 0 Å². The topological polar surface area (TPSA) is 34.9 Å². The molecule has 0 atom stereocenters. The number of carbonyl (C=O) groups excluding carboxylic acids is 1. The lowest BCUT2D eigenvalue weighted by Crippen LogP contribution is -2.08. The van der Waals surface area contributed by atoms with Crippen molar-refractivity contribution in [2.75, 3.05) is 0 Å². The SMILES string of the molecule is Cc1cc(C)c(CC(=O)c2ccn(C)n2)c(C)c1. The van der Waals surface area contributed by atoms with Crippen molar-refractivity contribution in [2.24, 2.45) is 7.05 Å². The molecule has 94 valence electrons. The minimum Gasteiger partial charge on any atom is -0.292 e. The zero-order valence-electron chi connectivity index (χ0n) is 11.3. The van der Waals surface area contributed by atoms with Gasteiger partial charge < -0.3 is 0 Å². The van der Waals surface area contributed by atoms with Gasteiger partial charge in [-0.15, -0.1) is 0 Å². The van der Waals surface area contributed by atoms with Gasteiger partial charge in [0.15, 0.2) is 5.78 Å². The third-order valence-electron chi connectivity index (χ3n) is 3.18. The van der Waals surface area contributed by atoms with Crippen LogP contribution in [0.4, 0.5) is 0 Å². The quantitative estimate of drug-likeness (QED) is 0.776. The molecule has 0 amide bonds. The maximum Gasteiger partial charge on any atom is 0.187 e. The molecule has 0 aliphatic heterocycles. The van der Waals surface area contributed by atoms with Gasteiger partial charge in [-0.25, -0.2) is 0 Å². The Hall–Kier alpha value is -1.90. The molecule has 1 aromatic heterocycles. The van der Waals surface area contributed by atoms with Gasteiger partial charge in [0.05, 0.1) is 0 Å². The molecule has 0 radical (unpaired) electrons. The third kappa shape index (κ3) is 2.50. The summed E-state index contributed by atoms with van der Waals surface area (Å²) in [5, 5.41) is 4.15. The highest BCUT2D eigenvalue weighted by Gasteiger charge is 2.13. The number of hydrogen-bond acceptors (Lipinski definition) is 2. The van der Waals surface area contributed by atoms with Crippen LogP contribution < -0.4 is 0 Å². The van der Waals surface area contributed by atoms with Crippen LogP contribution in [0, 0.1) is 20.8 Å². The van der Waals surface area contributed by atoms with Crippen molar-refractivity contribution < 1.29 is 4.79 Å². The summed E-state index contributed by atoms with van der Waals surface area (Å²) in [4.78, 5) is 12.1. The molecule has 0 spiro atoms. The van der Waals surface area contributed by atoms with Crippen LogP contribution in [0.1, 0.15) is 32.7 Å². The van der Waals surface area contributed by atoms with Crippen molar-refractivity contribution >= 4 is 5.78 Å². The lowest BCUT2D eigenvalue weighted by molar-refractivity contribution is 0.0987. The zero-order valence-corrected chi connectivity index (χ0v) is 11.3. The summed E-state index contributed by atoms with van der Waals surface area (Å²) in [6.07, 6.45) is 2.22. The van der Waals surface area contributed by atoms with E-state index in [1.807, 2.05) is 7.05 Å². The van der Waals surface area contributed by atoms with E-state index in [-0.39, 0.29) is 5.78 Å². The van der Waals surface area contributed by atoms with Gasteiger partial charge in [-0.05, 0) is 43.5 Å². The normalized spacial score (nSPS) is 10.7. The molecule has 3 nitrogen and oxygen atoms in total. The van der Waals surface area contributed by atoms with Crippen LogP contribution in [0.2, 0.25) is 0 Å². The number of benzene rings is 1. The maximum absolute atomic E-state index is 12.1. The van der Waals surface area contributed by atoms with Crippen LogP contribution in [0.5, 0.6) is 0 Å². The van der Waals surface area contributed by atoms with Crippen molar-refractivity contribution in [1.29, 1.82) is 0 Å². The van der Waals surface area contributed by atoms with Crippen molar-refractivity contribution in [3.05, 3.63) is 52.3 Å². The molecule has 3 heteroatoms. The molecule has 2 rings (SSSR count). The first-order chi connectivity index (χ1) is 8.47. The number of rotatable bonds is 3. The Labute approximate surface area is 107 Å². The van der Waals surface area contributed by atoms with Crippen LogP contribution in [0.25, 0.3) is 0 Å². The van der Waals surface area contributed by atoms with Gasteiger partial charge in [0, 0.05) is 19.7 Å². The van der Waals surface area contributed by atoms with E-state index >= 15 is 0 Å². The van der Waals surface area contributed by atoms with Crippen LogP contribution in [-0.4, -0.2) is 15.6 Å². The number of aromatic nitrogens is 2. The Bertz CT molecular complexity index is 573. The van der Waals surface area contributed by atoms with Crippen LogP contribution in [0.15, 0.2) is 24.4 Å². The molecule has 1 heterocycles. The van der Waals surface area contributed by atoms with Gasteiger partial charge >= 0.3 is 0 Å². The fourth-order valence-corrected chi connectivity index (χ4v) is 2.30. The maximum atomic E-state index is 12.1. The van der Waals surface area contributed by atoms with Gasteiger partial charge in [-0.1, -0.05) is 17.7 Å². The molecule has 0 fully saturated rings. The minimum atomic E-state index is 0.0747. The van der Waals surface area contributed by atoms with Gasteiger partial charge in [0.2, 0.25) is 0 Å².